The summed E-state index contributed by atoms with van der Waals surface area (Å²) in [6, 6.07) is 6.68. The fourth-order valence-corrected chi connectivity index (χ4v) is 2.39. The van der Waals surface area contributed by atoms with Crippen molar-refractivity contribution in [3.63, 3.8) is 0 Å². The van der Waals surface area contributed by atoms with Crippen LogP contribution in [0.25, 0.3) is 11.0 Å². The molecule has 2 aromatic heterocycles. The van der Waals surface area contributed by atoms with Crippen LogP contribution in [-0.4, -0.2) is 27.0 Å². The number of nitrogens with zero attached hydrogens (tertiary/aromatic N) is 3. The number of ether oxygens (including phenoxy) is 1. The second-order valence-corrected chi connectivity index (χ2v) is 5.85. The molecule has 0 saturated heterocycles. The first kappa shape index (κ1) is 17.7. The van der Waals surface area contributed by atoms with E-state index in [0.29, 0.717) is 16.9 Å². The van der Waals surface area contributed by atoms with Crippen molar-refractivity contribution in [1.82, 2.24) is 14.8 Å². The van der Waals surface area contributed by atoms with Gasteiger partial charge in [0.1, 0.15) is 5.75 Å². The molecule has 136 valence electrons. The Balaban J connectivity index is 1.74. The molecule has 1 aromatic carbocycles. The van der Waals surface area contributed by atoms with Crippen LogP contribution in [0.2, 0.25) is 0 Å². The Morgan fingerprint density at radius 3 is 2.50 bits per heavy atom. The van der Waals surface area contributed by atoms with Gasteiger partial charge in [0.25, 0.3) is 5.91 Å². The number of benzene rings is 1. The number of carbonyl (C=O) groups is 1. The first-order chi connectivity index (χ1) is 12.2. The van der Waals surface area contributed by atoms with Gasteiger partial charge in [-0.1, -0.05) is 0 Å². The summed E-state index contributed by atoms with van der Waals surface area (Å²) in [5, 5.41) is 7.56. The van der Waals surface area contributed by atoms with Gasteiger partial charge >= 0.3 is 6.36 Å². The number of carbonyl (C=O) groups excluding carboxylic acids is 1. The van der Waals surface area contributed by atoms with Gasteiger partial charge in [-0.05, 0) is 44.2 Å². The molecule has 26 heavy (non-hydrogen) atoms. The van der Waals surface area contributed by atoms with Crippen molar-refractivity contribution in [2.75, 3.05) is 5.32 Å². The molecule has 3 rings (SSSR count). The van der Waals surface area contributed by atoms with Crippen molar-refractivity contribution in [2.45, 2.75) is 26.3 Å². The summed E-state index contributed by atoms with van der Waals surface area (Å²) in [4.78, 5) is 16.6. The van der Waals surface area contributed by atoms with E-state index in [2.05, 4.69) is 20.1 Å². The Morgan fingerprint density at radius 1 is 1.19 bits per heavy atom. The average molecular weight is 364 g/mol. The molecule has 0 saturated carbocycles. The van der Waals surface area contributed by atoms with Crippen molar-refractivity contribution in [2.24, 2.45) is 0 Å². The molecular formula is C17H15F3N4O2. The number of amides is 1. The predicted octanol–water partition coefficient (Wildman–Crippen LogP) is 4.16. The van der Waals surface area contributed by atoms with Gasteiger partial charge in [-0.25, -0.2) is 9.67 Å². The van der Waals surface area contributed by atoms with E-state index in [-0.39, 0.29) is 11.8 Å². The quantitative estimate of drug-likeness (QED) is 0.755. The van der Waals surface area contributed by atoms with Crippen LogP contribution < -0.4 is 10.1 Å². The summed E-state index contributed by atoms with van der Waals surface area (Å²) in [6.45, 7) is 3.95. The fourth-order valence-electron chi connectivity index (χ4n) is 2.39. The molecular weight excluding hydrogens is 349 g/mol. The van der Waals surface area contributed by atoms with E-state index < -0.39 is 12.3 Å². The van der Waals surface area contributed by atoms with E-state index in [4.69, 9.17) is 0 Å². The van der Waals surface area contributed by atoms with Gasteiger partial charge in [0.05, 0.1) is 11.8 Å². The van der Waals surface area contributed by atoms with Crippen LogP contribution in [0, 0.1) is 0 Å². The SMILES string of the molecule is CC(C)n1ncc2cc(C(=O)Nc3ccc(OC(F)(F)F)cc3)cnc21. The van der Waals surface area contributed by atoms with Crippen LogP contribution in [0.4, 0.5) is 18.9 Å². The molecule has 0 radical (unpaired) electrons. The maximum Gasteiger partial charge on any atom is 0.573 e. The first-order valence-corrected chi connectivity index (χ1v) is 7.73. The molecule has 3 aromatic rings. The number of fused-ring (bicyclic) bond motifs is 1. The third kappa shape index (κ3) is 3.93. The topological polar surface area (TPSA) is 69.0 Å². The van der Waals surface area contributed by atoms with E-state index in [1.165, 1.54) is 18.3 Å². The van der Waals surface area contributed by atoms with Crippen LogP contribution in [-0.2, 0) is 0 Å². The monoisotopic (exact) mass is 364 g/mol. The van der Waals surface area contributed by atoms with Gasteiger partial charge in [-0.3, -0.25) is 4.79 Å². The van der Waals surface area contributed by atoms with Crippen LogP contribution >= 0.6 is 0 Å². The molecule has 2 heterocycles. The molecule has 0 aliphatic carbocycles. The normalized spacial score (nSPS) is 11.8. The lowest BCUT2D eigenvalue weighted by Crippen LogP contribution is -2.17. The van der Waals surface area contributed by atoms with Crippen molar-refractivity contribution >= 4 is 22.6 Å². The van der Waals surface area contributed by atoms with E-state index in [9.17, 15) is 18.0 Å². The Labute approximate surface area is 146 Å². The van der Waals surface area contributed by atoms with Crippen molar-refractivity contribution < 1.29 is 22.7 Å². The maximum atomic E-state index is 12.3. The highest BCUT2D eigenvalue weighted by Gasteiger charge is 2.30. The van der Waals surface area contributed by atoms with Crippen LogP contribution in [0.3, 0.4) is 0 Å². The zero-order chi connectivity index (χ0) is 18.9. The van der Waals surface area contributed by atoms with Gasteiger partial charge in [-0.15, -0.1) is 13.2 Å². The minimum absolute atomic E-state index is 0.136. The van der Waals surface area contributed by atoms with Crippen LogP contribution in [0.15, 0.2) is 42.7 Å². The number of halogens is 3. The van der Waals surface area contributed by atoms with Crippen LogP contribution in [0.5, 0.6) is 5.75 Å². The number of alkyl halides is 3. The smallest absolute Gasteiger partial charge is 0.406 e. The number of anilines is 1. The molecule has 1 N–H and O–H groups in total. The Kier molecular flexibility index (Phi) is 4.54. The lowest BCUT2D eigenvalue weighted by molar-refractivity contribution is -0.274. The van der Waals surface area contributed by atoms with E-state index in [0.717, 1.165) is 17.5 Å². The number of aromatic nitrogens is 3. The number of rotatable bonds is 4. The minimum atomic E-state index is -4.76. The highest BCUT2D eigenvalue weighted by atomic mass is 19.4. The number of hydrogen-bond donors (Lipinski definition) is 1. The molecule has 1 amide bonds. The zero-order valence-corrected chi connectivity index (χ0v) is 13.9. The molecule has 0 aliphatic rings. The highest BCUT2D eigenvalue weighted by molar-refractivity contribution is 6.05. The molecule has 0 fully saturated rings. The van der Waals surface area contributed by atoms with Crippen molar-refractivity contribution in [3.8, 4) is 5.75 Å². The highest BCUT2D eigenvalue weighted by Crippen LogP contribution is 2.24. The Bertz CT molecular complexity index is 933. The van der Waals surface area contributed by atoms with E-state index in [1.807, 2.05) is 13.8 Å². The summed E-state index contributed by atoms with van der Waals surface area (Å²) in [7, 11) is 0. The van der Waals surface area contributed by atoms with Crippen molar-refractivity contribution in [3.05, 3.63) is 48.3 Å². The number of pyridine rings is 1. The molecule has 9 heteroatoms. The third-order valence-corrected chi connectivity index (χ3v) is 3.53. The lowest BCUT2D eigenvalue weighted by Gasteiger charge is -2.10. The maximum absolute atomic E-state index is 12.3. The van der Waals surface area contributed by atoms with Gasteiger partial charge in [0.2, 0.25) is 0 Å². The largest absolute Gasteiger partial charge is 0.573 e. The van der Waals surface area contributed by atoms with Crippen LogP contribution in [0.1, 0.15) is 30.2 Å². The van der Waals surface area contributed by atoms with Gasteiger partial charge in [0, 0.05) is 23.3 Å². The summed E-state index contributed by atoms with van der Waals surface area (Å²) >= 11 is 0. The second-order valence-electron chi connectivity index (χ2n) is 5.85. The zero-order valence-electron chi connectivity index (χ0n) is 13.9. The third-order valence-electron chi connectivity index (χ3n) is 3.53. The molecule has 0 unspecified atom stereocenters. The summed E-state index contributed by atoms with van der Waals surface area (Å²) in [5.41, 5.74) is 1.32. The Morgan fingerprint density at radius 2 is 1.88 bits per heavy atom. The number of nitrogens with one attached hydrogen (secondary N) is 1. The average Bonchev–Trinajstić information content (AvgIpc) is 2.98. The van der Waals surface area contributed by atoms with E-state index in [1.54, 1.807) is 16.9 Å². The van der Waals surface area contributed by atoms with Gasteiger partial charge in [0.15, 0.2) is 5.65 Å². The molecule has 0 bridgehead atoms. The molecule has 6 nitrogen and oxygen atoms in total. The van der Waals surface area contributed by atoms with E-state index >= 15 is 0 Å². The minimum Gasteiger partial charge on any atom is -0.406 e. The summed E-state index contributed by atoms with van der Waals surface area (Å²) in [6.07, 6.45) is -1.70. The van der Waals surface area contributed by atoms with Gasteiger partial charge in [-0.2, -0.15) is 5.10 Å². The van der Waals surface area contributed by atoms with Gasteiger partial charge < -0.3 is 10.1 Å². The Hall–Kier alpha value is -3.10. The molecule has 0 spiro atoms. The standard InChI is InChI=1S/C17H15F3N4O2/c1-10(2)24-15-11(9-22-24)7-12(8-21-15)16(25)23-13-3-5-14(6-4-13)26-17(18,19)20/h3-10H,1-2H3,(H,23,25). The predicted molar refractivity (Wildman–Crippen MR) is 89.0 cm³/mol. The number of hydrogen-bond acceptors (Lipinski definition) is 4. The molecule has 0 aliphatic heterocycles. The summed E-state index contributed by atoms with van der Waals surface area (Å²) in [5.74, 6) is -0.791. The molecule has 0 atom stereocenters. The lowest BCUT2D eigenvalue weighted by atomic mass is 10.2. The van der Waals surface area contributed by atoms with Crippen molar-refractivity contribution in [1.29, 1.82) is 0 Å². The fraction of sp³-hybridized carbons (Fsp3) is 0.235. The summed E-state index contributed by atoms with van der Waals surface area (Å²) < 4.78 is 42.0. The second kappa shape index (κ2) is 6.66. The first-order valence-electron chi connectivity index (χ1n) is 7.73.